The predicted octanol–water partition coefficient (Wildman–Crippen LogP) is 6.33. The van der Waals surface area contributed by atoms with E-state index in [9.17, 15) is 33.6 Å². The van der Waals surface area contributed by atoms with Crippen LogP contribution in [0.25, 0.3) is 11.1 Å². The van der Waals surface area contributed by atoms with E-state index in [1.807, 2.05) is 60.0 Å². The molecule has 0 saturated carbocycles. The lowest BCUT2D eigenvalue weighted by Gasteiger charge is -2.24. The summed E-state index contributed by atoms with van der Waals surface area (Å²) in [5.74, 6) is -5.00. The molecule has 358 valence electrons. The van der Waals surface area contributed by atoms with Crippen LogP contribution in [-0.4, -0.2) is 77.7 Å². The third kappa shape index (κ3) is 19.1. The van der Waals surface area contributed by atoms with Crippen molar-refractivity contribution in [3.8, 4) is 11.1 Å². The molecule has 14 nitrogen and oxygen atoms in total. The highest BCUT2D eigenvalue weighted by Gasteiger charge is 2.29. The molecule has 0 radical (unpaired) electrons. The summed E-state index contributed by atoms with van der Waals surface area (Å²) in [4.78, 5) is 90.4. The van der Waals surface area contributed by atoms with Crippen molar-refractivity contribution in [1.29, 1.82) is 0 Å². The number of nitrogens with one attached hydrogen (secondary N) is 6. The van der Waals surface area contributed by atoms with Crippen molar-refractivity contribution >= 4 is 58.4 Å². The Morgan fingerprint density at radius 2 is 1.22 bits per heavy atom. The number of anilines is 1. The summed E-state index contributed by atoms with van der Waals surface area (Å²) in [7, 11) is 0. The minimum absolute atomic E-state index is 0.0351. The van der Waals surface area contributed by atoms with Crippen LogP contribution < -0.4 is 31.9 Å². The van der Waals surface area contributed by atoms with E-state index in [1.54, 1.807) is 36.4 Å². The smallest absolute Gasteiger partial charge is 0.322 e. The molecule has 8 rings (SSSR count). The molecule has 0 saturated heterocycles. The lowest BCUT2D eigenvalue weighted by Crippen LogP contribution is -2.56. The number of thiophene rings is 1. The summed E-state index contributed by atoms with van der Waals surface area (Å²) in [6, 6.07) is 45.2. The molecule has 3 atom stereocenters. The molecule has 5 aromatic carbocycles. The average molecular weight is 951 g/mol. The fraction of sp³-hybridized carbons (Fsp3) is 0.241. The second-order valence-electron chi connectivity index (χ2n) is 16.3. The van der Waals surface area contributed by atoms with Gasteiger partial charge in [-0.15, -0.1) is 11.3 Å². The first kappa shape index (κ1) is 52.1. The Kier molecular flexibility index (Phi) is 20.9. The molecular formula is C54H58N6O8S. The van der Waals surface area contributed by atoms with E-state index in [-0.39, 0.29) is 32.1 Å². The van der Waals surface area contributed by atoms with Crippen molar-refractivity contribution < 1.29 is 38.7 Å². The van der Waals surface area contributed by atoms with Gasteiger partial charge in [0.25, 0.3) is 0 Å². The Hall–Kier alpha value is -7.91. The monoisotopic (exact) mass is 950 g/mol. The largest absolute Gasteiger partial charge is 0.480 e. The molecule has 2 bridgehead atoms. The molecule has 6 aromatic rings. The number of hydrogen-bond acceptors (Lipinski definition) is 8. The van der Waals surface area contributed by atoms with Gasteiger partial charge in [-0.25, -0.2) is 0 Å². The quantitative estimate of drug-likeness (QED) is 0.0813. The van der Waals surface area contributed by atoms with Crippen molar-refractivity contribution in [2.24, 2.45) is 0 Å². The number of carbonyl (C=O) groups is 7. The summed E-state index contributed by atoms with van der Waals surface area (Å²) >= 11 is 1.39. The van der Waals surface area contributed by atoms with Gasteiger partial charge in [0.05, 0.1) is 6.54 Å². The first-order chi connectivity index (χ1) is 33.3. The molecule has 3 heterocycles. The van der Waals surface area contributed by atoms with Gasteiger partial charge in [0.2, 0.25) is 35.4 Å². The maximum Gasteiger partial charge on any atom is 0.322 e. The molecule has 0 aliphatic carbocycles. The van der Waals surface area contributed by atoms with Crippen LogP contribution in [0.5, 0.6) is 0 Å². The molecule has 1 aromatic heterocycles. The van der Waals surface area contributed by atoms with Crippen LogP contribution in [0.2, 0.25) is 0 Å². The van der Waals surface area contributed by atoms with E-state index in [2.05, 4.69) is 106 Å². The molecule has 0 unspecified atom stereocenters. The minimum atomic E-state index is -1.27. The molecule has 6 amide bonds. The SMILES string of the molecule is Cc1ccc(-c2ccccc2)cc1.Cc1ccccc1.O=C(O)CNC(=O)[C@@H]1Cc2ccc(cc2)NC(=O)CCC(=O)N[C@H](Cc2cccs2)C(=O)NCC(=O)N[C@H](CCc2ccccc2)C(=O)N1. The van der Waals surface area contributed by atoms with Crippen molar-refractivity contribution in [1.82, 2.24) is 26.6 Å². The van der Waals surface area contributed by atoms with Gasteiger partial charge in [-0.2, -0.15) is 0 Å². The zero-order chi connectivity index (χ0) is 49.4. The lowest BCUT2D eigenvalue weighted by atomic mass is 10.0. The van der Waals surface area contributed by atoms with E-state index in [0.717, 1.165) is 10.4 Å². The fourth-order valence-corrected chi connectivity index (χ4v) is 7.71. The van der Waals surface area contributed by atoms with Gasteiger partial charge in [0.1, 0.15) is 24.7 Å². The minimum Gasteiger partial charge on any atom is -0.480 e. The van der Waals surface area contributed by atoms with Crippen LogP contribution in [0, 0.1) is 13.8 Å². The van der Waals surface area contributed by atoms with Crippen LogP contribution in [-0.2, 0) is 52.8 Å². The topological polar surface area (TPSA) is 212 Å². The van der Waals surface area contributed by atoms with Crippen molar-refractivity contribution in [2.45, 2.75) is 70.5 Å². The lowest BCUT2D eigenvalue weighted by molar-refractivity contribution is -0.138. The van der Waals surface area contributed by atoms with Gasteiger partial charge < -0.3 is 37.0 Å². The summed E-state index contributed by atoms with van der Waals surface area (Å²) < 4.78 is 0. The predicted molar refractivity (Wildman–Crippen MR) is 268 cm³/mol. The van der Waals surface area contributed by atoms with Crippen molar-refractivity contribution in [2.75, 3.05) is 18.4 Å². The van der Waals surface area contributed by atoms with E-state index >= 15 is 0 Å². The number of amides is 6. The summed E-state index contributed by atoms with van der Waals surface area (Å²) in [6.07, 6.45) is 0.303. The zero-order valence-corrected chi connectivity index (χ0v) is 39.4. The zero-order valence-electron chi connectivity index (χ0n) is 38.6. The number of carboxylic acids is 1. The van der Waals surface area contributed by atoms with E-state index in [4.69, 9.17) is 5.11 Å². The highest BCUT2D eigenvalue weighted by atomic mass is 32.1. The Labute approximate surface area is 406 Å². The number of benzene rings is 5. The maximum absolute atomic E-state index is 13.7. The van der Waals surface area contributed by atoms with Gasteiger partial charge in [-0.3, -0.25) is 33.6 Å². The van der Waals surface area contributed by atoms with Gasteiger partial charge in [0, 0.05) is 36.2 Å². The van der Waals surface area contributed by atoms with Crippen LogP contribution in [0.1, 0.15) is 46.4 Å². The molecule has 0 spiro atoms. The number of aliphatic carboxylic acids is 1. The van der Waals surface area contributed by atoms with Crippen LogP contribution in [0.15, 0.2) is 157 Å². The third-order valence-corrected chi connectivity index (χ3v) is 11.6. The molecule has 7 N–H and O–H groups in total. The van der Waals surface area contributed by atoms with Crippen LogP contribution >= 0.6 is 11.3 Å². The number of fused-ring (bicyclic) bond motifs is 18. The van der Waals surface area contributed by atoms with E-state index in [1.165, 1.54) is 33.6 Å². The van der Waals surface area contributed by atoms with Crippen molar-refractivity contribution in [3.63, 3.8) is 0 Å². The number of carboxylic acid groups (broad SMARTS) is 1. The summed E-state index contributed by atoms with van der Waals surface area (Å²) in [5, 5.41) is 26.4. The average Bonchev–Trinajstić information content (AvgIpc) is 3.88. The molecule has 69 heavy (non-hydrogen) atoms. The van der Waals surface area contributed by atoms with Crippen LogP contribution in [0.3, 0.4) is 0 Å². The second-order valence-corrected chi connectivity index (χ2v) is 17.3. The van der Waals surface area contributed by atoms with E-state index < -0.39 is 72.6 Å². The highest BCUT2D eigenvalue weighted by Crippen LogP contribution is 2.19. The van der Waals surface area contributed by atoms with Gasteiger partial charge in [-0.05, 0) is 72.5 Å². The molecular weight excluding hydrogens is 893 g/mol. The molecule has 2 aliphatic rings. The number of carbonyl (C=O) groups excluding carboxylic acids is 6. The first-order valence-electron chi connectivity index (χ1n) is 22.6. The first-order valence-corrected chi connectivity index (χ1v) is 23.4. The Bertz CT molecular complexity index is 2580. The van der Waals surface area contributed by atoms with E-state index in [0.29, 0.717) is 17.7 Å². The number of aryl methyl sites for hydroxylation is 3. The third-order valence-electron chi connectivity index (χ3n) is 10.7. The molecule has 0 fully saturated rings. The second kappa shape index (κ2) is 27.7. The Morgan fingerprint density at radius 3 is 1.83 bits per heavy atom. The summed E-state index contributed by atoms with van der Waals surface area (Å²) in [5.41, 5.74) is 7.10. The number of hydrogen-bond donors (Lipinski definition) is 7. The maximum atomic E-state index is 13.7. The Balaban J connectivity index is 0.000000360. The van der Waals surface area contributed by atoms with Crippen molar-refractivity contribution in [3.05, 3.63) is 184 Å². The van der Waals surface area contributed by atoms with Gasteiger partial charge in [0.15, 0.2) is 0 Å². The number of rotatable bonds is 9. The Morgan fingerprint density at radius 1 is 0.623 bits per heavy atom. The standard InChI is InChI=1S/C34H38N6O8S.C13H12.C7H8/c41-28-14-15-29(42)39-27(18-24-7-4-16-49-24)33(47)35-19-30(43)38-25(13-10-21-5-2-1-3-6-21)34(48)40-26(32(46)36-20-31(44)45)17-22-8-11-23(37-28)12-9-22;1-11-7-9-13(10-8-11)12-5-3-2-4-6-12;1-7-5-3-2-4-6-7/h1-9,11-12,16,25-27H,10,13-15,17-20H2,(H,35,47)(H,36,46)(H,37,41)(H,38,43)(H,39,42)(H,40,48)(H,44,45);2-10H,1H3;2-6H,1H3/t25-,26+,27-;;/m1../s1. The van der Waals surface area contributed by atoms with Gasteiger partial charge in [-0.1, -0.05) is 145 Å². The summed E-state index contributed by atoms with van der Waals surface area (Å²) in [6.45, 7) is 3.01. The van der Waals surface area contributed by atoms with Crippen LogP contribution in [0.4, 0.5) is 5.69 Å². The van der Waals surface area contributed by atoms with Gasteiger partial charge >= 0.3 is 5.97 Å². The fourth-order valence-electron chi connectivity index (χ4n) is 6.96. The molecule has 15 heteroatoms. The normalized spacial score (nSPS) is 16.7. The molecule has 2 aliphatic heterocycles. The highest BCUT2D eigenvalue weighted by molar-refractivity contribution is 7.09.